The molecule has 1 saturated heterocycles. The topological polar surface area (TPSA) is 55.5 Å². The van der Waals surface area contributed by atoms with E-state index in [1.807, 2.05) is 29.7 Å². The molecule has 2 aromatic heterocycles. The van der Waals surface area contributed by atoms with Gasteiger partial charge >= 0.3 is 5.63 Å². The van der Waals surface area contributed by atoms with Gasteiger partial charge in [-0.15, -0.1) is 0 Å². The van der Waals surface area contributed by atoms with Gasteiger partial charge in [-0.05, 0) is 43.0 Å². The average molecular weight is 362 g/mol. The number of aromatic nitrogens is 1. The smallest absolute Gasteiger partial charge is 0.336 e. The number of fused-ring (bicyclic) bond motifs is 5. The first kappa shape index (κ1) is 16.5. The number of hydrogen-bond acceptors (Lipinski definition) is 4. The highest BCUT2D eigenvalue weighted by Crippen LogP contribution is 2.35. The summed E-state index contributed by atoms with van der Waals surface area (Å²) in [5, 5.41) is 1.02. The predicted octanol–water partition coefficient (Wildman–Crippen LogP) is 2.88. The first-order valence-electron chi connectivity index (χ1n) is 9.52. The van der Waals surface area contributed by atoms with Crippen LogP contribution in [0, 0.1) is 12.8 Å². The van der Waals surface area contributed by atoms with E-state index in [0.29, 0.717) is 17.4 Å². The van der Waals surface area contributed by atoms with Crippen LogP contribution in [0.15, 0.2) is 56.5 Å². The first-order chi connectivity index (χ1) is 13.1. The average Bonchev–Trinajstić information content (AvgIpc) is 2.63. The van der Waals surface area contributed by atoms with Crippen LogP contribution in [-0.4, -0.2) is 22.6 Å². The standard InChI is InChI=1S/C22H22N2O3/c1-14-5-6-20-18(7-14)16(9-22(26)27-20)12-23-10-15-8-17(13-23)19-3-2-4-21(25)24(19)11-15/h2-7,9,15,17H,8,10-13H2,1H3/t15-,17+/m0/s1. The van der Waals surface area contributed by atoms with Crippen molar-refractivity contribution < 1.29 is 4.42 Å². The molecule has 2 atom stereocenters. The maximum atomic E-state index is 12.2. The molecular weight excluding hydrogens is 340 g/mol. The number of benzene rings is 1. The van der Waals surface area contributed by atoms with Crippen LogP contribution in [0.1, 0.15) is 29.2 Å². The minimum absolute atomic E-state index is 0.109. The second-order valence-electron chi connectivity index (χ2n) is 7.98. The van der Waals surface area contributed by atoms with Crippen molar-refractivity contribution in [2.24, 2.45) is 5.92 Å². The zero-order valence-corrected chi connectivity index (χ0v) is 15.4. The minimum Gasteiger partial charge on any atom is -0.423 e. The van der Waals surface area contributed by atoms with Crippen LogP contribution >= 0.6 is 0 Å². The first-order valence-corrected chi connectivity index (χ1v) is 9.52. The zero-order valence-electron chi connectivity index (χ0n) is 15.4. The summed E-state index contributed by atoms with van der Waals surface area (Å²) in [7, 11) is 0. The van der Waals surface area contributed by atoms with Gasteiger partial charge in [-0.2, -0.15) is 0 Å². The molecule has 27 heavy (non-hydrogen) atoms. The van der Waals surface area contributed by atoms with E-state index in [0.717, 1.165) is 54.8 Å². The summed E-state index contributed by atoms with van der Waals surface area (Å²) in [6, 6.07) is 13.2. The number of hydrogen-bond donors (Lipinski definition) is 0. The molecule has 5 heteroatoms. The number of nitrogens with zero attached hydrogens (tertiary/aromatic N) is 2. The van der Waals surface area contributed by atoms with E-state index < -0.39 is 0 Å². The molecule has 2 aliphatic rings. The Hall–Kier alpha value is -2.66. The molecule has 0 amide bonds. The number of piperidine rings is 1. The van der Waals surface area contributed by atoms with Crippen LogP contribution in [0.4, 0.5) is 0 Å². The highest BCUT2D eigenvalue weighted by atomic mass is 16.4. The van der Waals surface area contributed by atoms with Crippen molar-refractivity contribution in [3.63, 3.8) is 0 Å². The number of rotatable bonds is 2. The van der Waals surface area contributed by atoms with Crippen LogP contribution in [0.5, 0.6) is 0 Å². The van der Waals surface area contributed by atoms with Gasteiger partial charge in [0.25, 0.3) is 5.56 Å². The molecule has 0 unspecified atom stereocenters. The Labute approximate surface area is 156 Å². The molecular formula is C22H22N2O3. The van der Waals surface area contributed by atoms with Gasteiger partial charge in [0.1, 0.15) is 5.58 Å². The van der Waals surface area contributed by atoms with Gasteiger partial charge in [-0.1, -0.05) is 17.7 Å². The van der Waals surface area contributed by atoms with Crippen LogP contribution < -0.4 is 11.2 Å². The molecule has 1 fully saturated rings. The lowest BCUT2D eigenvalue weighted by Crippen LogP contribution is -2.46. The second kappa shape index (κ2) is 6.20. The lowest BCUT2D eigenvalue weighted by molar-refractivity contribution is 0.114. The third kappa shape index (κ3) is 2.92. The van der Waals surface area contributed by atoms with E-state index >= 15 is 0 Å². The van der Waals surface area contributed by atoms with E-state index in [1.165, 1.54) is 0 Å². The summed E-state index contributed by atoms with van der Waals surface area (Å²) in [5.74, 6) is 0.851. The van der Waals surface area contributed by atoms with E-state index in [-0.39, 0.29) is 11.2 Å². The summed E-state index contributed by atoms with van der Waals surface area (Å²) in [4.78, 5) is 26.6. The highest BCUT2D eigenvalue weighted by Gasteiger charge is 2.34. The molecule has 0 radical (unpaired) electrons. The summed E-state index contributed by atoms with van der Waals surface area (Å²) < 4.78 is 7.32. The van der Waals surface area contributed by atoms with Gasteiger partial charge in [-0.25, -0.2) is 4.79 Å². The molecule has 3 aromatic rings. The van der Waals surface area contributed by atoms with E-state index in [4.69, 9.17) is 4.42 Å². The molecule has 2 aliphatic heterocycles. The maximum absolute atomic E-state index is 12.2. The Bertz CT molecular complexity index is 1140. The van der Waals surface area contributed by atoms with Crippen molar-refractivity contribution in [2.45, 2.75) is 32.4 Å². The third-order valence-corrected chi connectivity index (χ3v) is 5.93. The van der Waals surface area contributed by atoms with Crippen molar-refractivity contribution in [3.05, 3.63) is 80.1 Å². The number of aryl methyl sites for hydroxylation is 1. The Kier molecular flexibility index (Phi) is 3.79. The predicted molar refractivity (Wildman–Crippen MR) is 104 cm³/mol. The Morgan fingerprint density at radius 1 is 1.07 bits per heavy atom. The zero-order chi connectivity index (χ0) is 18.5. The van der Waals surface area contributed by atoms with Gasteiger partial charge in [0.15, 0.2) is 0 Å². The summed E-state index contributed by atoms with van der Waals surface area (Å²) in [6.45, 7) is 5.43. The molecule has 0 spiro atoms. The summed E-state index contributed by atoms with van der Waals surface area (Å²) >= 11 is 0. The molecule has 5 rings (SSSR count). The highest BCUT2D eigenvalue weighted by molar-refractivity contribution is 5.80. The number of likely N-dealkylation sites (tertiary alicyclic amines) is 1. The second-order valence-corrected chi connectivity index (χ2v) is 7.98. The van der Waals surface area contributed by atoms with Gasteiger partial charge in [-0.3, -0.25) is 9.69 Å². The normalized spacial score (nSPS) is 22.0. The molecule has 1 aromatic carbocycles. The lowest BCUT2D eigenvalue weighted by atomic mass is 9.83. The van der Waals surface area contributed by atoms with Crippen LogP contribution in [0.3, 0.4) is 0 Å². The minimum atomic E-state index is -0.296. The van der Waals surface area contributed by atoms with Crippen molar-refractivity contribution in [2.75, 3.05) is 13.1 Å². The van der Waals surface area contributed by atoms with Crippen molar-refractivity contribution in [1.29, 1.82) is 0 Å². The summed E-state index contributed by atoms with van der Waals surface area (Å²) in [6.07, 6.45) is 1.14. The molecule has 5 nitrogen and oxygen atoms in total. The van der Waals surface area contributed by atoms with Crippen molar-refractivity contribution in [3.8, 4) is 0 Å². The number of pyridine rings is 1. The molecule has 0 saturated carbocycles. The molecule has 138 valence electrons. The van der Waals surface area contributed by atoms with E-state index in [1.54, 1.807) is 12.1 Å². The van der Waals surface area contributed by atoms with E-state index in [2.05, 4.69) is 17.0 Å². The quantitative estimate of drug-likeness (QED) is 0.658. The summed E-state index contributed by atoms with van der Waals surface area (Å²) in [5.41, 5.74) is 3.79. The Morgan fingerprint density at radius 3 is 2.85 bits per heavy atom. The van der Waals surface area contributed by atoms with Gasteiger partial charge in [0.05, 0.1) is 0 Å². The van der Waals surface area contributed by atoms with Crippen LogP contribution in [-0.2, 0) is 13.1 Å². The van der Waals surface area contributed by atoms with Gasteiger partial charge in [0.2, 0.25) is 0 Å². The van der Waals surface area contributed by atoms with Crippen LogP contribution in [0.25, 0.3) is 11.0 Å². The van der Waals surface area contributed by atoms with E-state index in [9.17, 15) is 9.59 Å². The molecule has 4 heterocycles. The SMILES string of the molecule is Cc1ccc2oc(=O)cc(CN3C[C@@H]4C[C@H](C3)c3cccc(=O)n3C4)c2c1. The van der Waals surface area contributed by atoms with Gasteiger partial charge < -0.3 is 8.98 Å². The molecule has 2 bridgehead atoms. The maximum Gasteiger partial charge on any atom is 0.336 e. The Morgan fingerprint density at radius 2 is 1.96 bits per heavy atom. The van der Waals surface area contributed by atoms with Crippen LogP contribution in [0.2, 0.25) is 0 Å². The third-order valence-electron chi connectivity index (χ3n) is 5.93. The monoisotopic (exact) mass is 362 g/mol. The lowest BCUT2D eigenvalue weighted by Gasteiger charge is -2.42. The molecule has 0 N–H and O–H groups in total. The van der Waals surface area contributed by atoms with Crippen molar-refractivity contribution >= 4 is 11.0 Å². The largest absolute Gasteiger partial charge is 0.423 e. The fourth-order valence-electron chi connectivity index (χ4n) is 4.84. The Balaban J connectivity index is 1.48. The van der Waals surface area contributed by atoms with Crippen molar-refractivity contribution in [1.82, 2.24) is 9.47 Å². The fraction of sp³-hybridized carbons (Fsp3) is 0.364. The molecule has 0 aliphatic carbocycles. The fourth-order valence-corrected chi connectivity index (χ4v) is 4.84. The van der Waals surface area contributed by atoms with Gasteiger partial charge in [0, 0.05) is 55.3 Å².